The molecule has 0 spiro atoms. The number of carbonyl (C=O) groups is 2. The average molecular weight is 422 g/mol. The van der Waals surface area contributed by atoms with E-state index < -0.39 is 11.9 Å². The van der Waals surface area contributed by atoms with Gasteiger partial charge in [-0.25, -0.2) is 0 Å². The van der Waals surface area contributed by atoms with Gasteiger partial charge in [0.15, 0.2) is 5.58 Å². The molecule has 4 aromatic rings. The van der Waals surface area contributed by atoms with Crippen molar-refractivity contribution in [2.75, 3.05) is 11.1 Å². The van der Waals surface area contributed by atoms with Gasteiger partial charge in [-0.1, -0.05) is 30.3 Å². The summed E-state index contributed by atoms with van der Waals surface area (Å²) < 4.78 is 5.59. The van der Waals surface area contributed by atoms with E-state index in [2.05, 4.69) is 10.3 Å². The summed E-state index contributed by atoms with van der Waals surface area (Å²) in [5, 5.41) is 23.4. The van der Waals surface area contributed by atoms with Crippen LogP contribution in [0.4, 0.5) is 6.01 Å². The molecule has 0 unspecified atom stereocenters. The summed E-state index contributed by atoms with van der Waals surface area (Å²) in [7, 11) is 0. The Hall–Kier alpha value is -3.52. The van der Waals surface area contributed by atoms with Crippen molar-refractivity contribution in [1.29, 1.82) is 0 Å². The first-order valence-electron chi connectivity index (χ1n) is 9.20. The third-order valence-electron chi connectivity index (χ3n) is 4.56. The molecular weight excluding hydrogens is 404 g/mol. The number of aromatic hydroxyl groups is 1. The average Bonchev–Trinajstić information content (AvgIpc) is 3.10. The summed E-state index contributed by atoms with van der Waals surface area (Å²) in [6, 6.07) is 14.2. The maximum atomic E-state index is 12.9. The second-order valence-electron chi connectivity index (χ2n) is 6.75. The van der Waals surface area contributed by atoms with Gasteiger partial charge in [0.25, 0.3) is 5.91 Å². The maximum absolute atomic E-state index is 12.9. The van der Waals surface area contributed by atoms with Crippen LogP contribution in [0.1, 0.15) is 22.3 Å². The van der Waals surface area contributed by atoms with Crippen molar-refractivity contribution in [3.8, 4) is 5.75 Å². The number of hydrogen-bond donors (Lipinski definition) is 3. The van der Waals surface area contributed by atoms with Crippen molar-refractivity contribution < 1.29 is 24.2 Å². The minimum absolute atomic E-state index is 0.0102. The maximum Gasteiger partial charge on any atom is 0.304 e. The number of oxazole rings is 1. The van der Waals surface area contributed by atoms with Crippen LogP contribution in [0.2, 0.25) is 0 Å². The lowest BCUT2D eigenvalue weighted by atomic mass is 10.0. The zero-order valence-corrected chi connectivity index (χ0v) is 16.8. The van der Waals surface area contributed by atoms with Crippen LogP contribution in [0.25, 0.3) is 21.9 Å². The predicted molar refractivity (Wildman–Crippen MR) is 115 cm³/mol. The standard InChI is InChI=1S/C22H18N2O5S/c1-12-6-7-16-17(10-12)29-22(23-16)24-21(28)15-11-18(30-9-8-19(25)26)13-4-2-3-5-14(13)20(15)27/h2-7,10-11,27H,8-9H2,1H3,(H,25,26)(H,23,24,28). The number of amides is 1. The number of nitrogens with zero attached hydrogens (tertiary/aromatic N) is 1. The highest BCUT2D eigenvalue weighted by Gasteiger charge is 2.19. The predicted octanol–water partition coefficient (Wildman–Crippen LogP) is 4.81. The number of carboxylic acid groups (broad SMARTS) is 1. The lowest BCUT2D eigenvalue weighted by Gasteiger charge is -2.12. The summed E-state index contributed by atoms with van der Waals surface area (Å²) in [6.45, 7) is 1.93. The summed E-state index contributed by atoms with van der Waals surface area (Å²) in [5.74, 6) is -1.27. The van der Waals surface area contributed by atoms with E-state index in [0.29, 0.717) is 27.1 Å². The minimum Gasteiger partial charge on any atom is -0.506 e. The first-order valence-corrected chi connectivity index (χ1v) is 10.2. The van der Waals surface area contributed by atoms with E-state index in [-0.39, 0.29) is 23.7 Å². The largest absolute Gasteiger partial charge is 0.506 e. The first kappa shape index (κ1) is 19.8. The Kier molecular flexibility index (Phi) is 5.33. The highest BCUT2D eigenvalue weighted by molar-refractivity contribution is 7.99. The number of carbonyl (C=O) groups excluding carboxylic acids is 1. The van der Waals surface area contributed by atoms with E-state index in [1.807, 2.05) is 31.2 Å². The number of aromatic nitrogens is 1. The molecule has 0 radical (unpaired) electrons. The molecular formula is C22H18N2O5S. The molecule has 8 heteroatoms. The molecule has 0 atom stereocenters. The van der Waals surface area contributed by atoms with Gasteiger partial charge in [-0.2, -0.15) is 4.98 Å². The van der Waals surface area contributed by atoms with Crippen molar-refractivity contribution in [3.63, 3.8) is 0 Å². The molecule has 3 N–H and O–H groups in total. The molecule has 0 saturated carbocycles. The van der Waals surface area contributed by atoms with Gasteiger partial charge in [-0.05, 0) is 36.1 Å². The molecule has 30 heavy (non-hydrogen) atoms. The number of phenolic OH excluding ortho intramolecular Hbond substituents is 1. The number of thioether (sulfide) groups is 1. The van der Waals surface area contributed by atoms with E-state index >= 15 is 0 Å². The molecule has 3 aromatic carbocycles. The number of aliphatic carboxylic acids is 1. The Morgan fingerprint density at radius 1 is 1.13 bits per heavy atom. The third-order valence-corrected chi connectivity index (χ3v) is 5.62. The molecule has 152 valence electrons. The summed E-state index contributed by atoms with van der Waals surface area (Å²) in [6.07, 6.45) is -0.0102. The van der Waals surface area contributed by atoms with Crippen molar-refractivity contribution in [2.45, 2.75) is 18.2 Å². The zero-order valence-electron chi connectivity index (χ0n) is 16.0. The lowest BCUT2D eigenvalue weighted by Crippen LogP contribution is -2.12. The fourth-order valence-corrected chi connectivity index (χ4v) is 4.15. The number of hydrogen-bond acceptors (Lipinski definition) is 6. The number of aryl methyl sites for hydroxylation is 1. The molecule has 1 amide bonds. The van der Waals surface area contributed by atoms with Crippen LogP contribution in [-0.4, -0.2) is 32.8 Å². The Balaban J connectivity index is 1.68. The van der Waals surface area contributed by atoms with Crippen LogP contribution in [0, 0.1) is 6.92 Å². The number of rotatable bonds is 6. The minimum atomic E-state index is -0.894. The van der Waals surface area contributed by atoms with Gasteiger partial charge in [0, 0.05) is 16.0 Å². The van der Waals surface area contributed by atoms with Crippen molar-refractivity contribution in [2.24, 2.45) is 0 Å². The molecule has 0 bridgehead atoms. The third kappa shape index (κ3) is 3.95. The molecule has 0 fully saturated rings. The lowest BCUT2D eigenvalue weighted by molar-refractivity contribution is -0.136. The van der Waals surface area contributed by atoms with E-state index in [0.717, 1.165) is 10.9 Å². The molecule has 0 aliphatic heterocycles. The van der Waals surface area contributed by atoms with Crippen LogP contribution in [0.3, 0.4) is 0 Å². The van der Waals surface area contributed by atoms with Crippen LogP contribution < -0.4 is 5.32 Å². The van der Waals surface area contributed by atoms with E-state index in [4.69, 9.17) is 9.52 Å². The van der Waals surface area contributed by atoms with Gasteiger partial charge < -0.3 is 14.6 Å². The normalized spacial score (nSPS) is 11.1. The van der Waals surface area contributed by atoms with Crippen LogP contribution >= 0.6 is 11.8 Å². The summed E-state index contributed by atoms with van der Waals surface area (Å²) >= 11 is 1.32. The number of carboxylic acids is 1. The Labute approximate surface area is 175 Å². The fraction of sp³-hybridized carbons (Fsp3) is 0.136. The highest BCUT2D eigenvalue weighted by Crippen LogP contribution is 2.37. The van der Waals surface area contributed by atoms with Crippen LogP contribution in [0.5, 0.6) is 5.75 Å². The number of nitrogens with one attached hydrogen (secondary N) is 1. The SMILES string of the molecule is Cc1ccc2nc(NC(=O)c3cc(SCCC(=O)O)c4ccccc4c3O)oc2c1. The van der Waals surface area contributed by atoms with Crippen molar-refractivity contribution in [3.05, 3.63) is 59.7 Å². The molecule has 1 aromatic heterocycles. The Morgan fingerprint density at radius 3 is 2.67 bits per heavy atom. The summed E-state index contributed by atoms with van der Waals surface area (Å²) in [5.41, 5.74) is 2.23. The smallest absolute Gasteiger partial charge is 0.304 e. The number of fused-ring (bicyclic) bond motifs is 2. The molecule has 0 saturated heterocycles. The zero-order chi connectivity index (χ0) is 21.3. The molecule has 4 rings (SSSR count). The van der Waals surface area contributed by atoms with E-state index in [1.165, 1.54) is 11.8 Å². The molecule has 7 nitrogen and oxygen atoms in total. The second-order valence-corrected chi connectivity index (χ2v) is 7.89. The van der Waals surface area contributed by atoms with E-state index in [9.17, 15) is 14.7 Å². The van der Waals surface area contributed by atoms with E-state index in [1.54, 1.807) is 24.3 Å². The molecule has 1 heterocycles. The highest BCUT2D eigenvalue weighted by atomic mass is 32.2. The quantitative estimate of drug-likeness (QED) is 0.382. The number of anilines is 1. The van der Waals surface area contributed by atoms with Crippen LogP contribution in [-0.2, 0) is 4.79 Å². The number of benzene rings is 3. The van der Waals surface area contributed by atoms with Gasteiger partial charge in [0.05, 0.1) is 12.0 Å². The fourth-order valence-electron chi connectivity index (χ4n) is 3.12. The monoisotopic (exact) mass is 422 g/mol. The van der Waals surface area contributed by atoms with Crippen molar-refractivity contribution >= 4 is 51.5 Å². The van der Waals surface area contributed by atoms with Gasteiger partial charge in [-0.3, -0.25) is 14.9 Å². The van der Waals surface area contributed by atoms with Gasteiger partial charge >= 0.3 is 12.0 Å². The van der Waals surface area contributed by atoms with Crippen LogP contribution in [0.15, 0.2) is 57.8 Å². The molecule has 0 aliphatic carbocycles. The van der Waals surface area contributed by atoms with Gasteiger partial charge in [0.1, 0.15) is 11.3 Å². The number of phenols is 1. The summed E-state index contributed by atoms with van der Waals surface area (Å²) in [4.78, 5) is 28.7. The Morgan fingerprint density at radius 2 is 1.90 bits per heavy atom. The topological polar surface area (TPSA) is 113 Å². The van der Waals surface area contributed by atoms with Gasteiger partial charge in [0.2, 0.25) is 0 Å². The van der Waals surface area contributed by atoms with Gasteiger partial charge in [-0.15, -0.1) is 11.8 Å². The Bertz CT molecular complexity index is 1280. The molecule has 0 aliphatic rings. The first-order chi connectivity index (χ1) is 14.4. The second kappa shape index (κ2) is 8.08. The van der Waals surface area contributed by atoms with Crippen molar-refractivity contribution in [1.82, 2.24) is 4.98 Å².